The monoisotopic (exact) mass is 312 g/mol. The molecule has 1 aliphatic rings. The van der Waals surface area contributed by atoms with E-state index in [9.17, 15) is 4.79 Å². The van der Waals surface area contributed by atoms with Gasteiger partial charge in [0.25, 0.3) is 0 Å². The molecule has 0 saturated carbocycles. The highest BCUT2D eigenvalue weighted by Gasteiger charge is 2.26. The van der Waals surface area contributed by atoms with Gasteiger partial charge in [0.1, 0.15) is 5.82 Å². The number of nitrogens with one attached hydrogen (secondary N) is 3. The first-order chi connectivity index (χ1) is 11.1. The van der Waals surface area contributed by atoms with E-state index >= 15 is 0 Å². The van der Waals surface area contributed by atoms with E-state index in [1.807, 2.05) is 6.07 Å². The minimum atomic E-state index is -0.101. The second kappa shape index (κ2) is 5.34. The number of aromatic amines is 1. The number of pyridine rings is 1. The van der Waals surface area contributed by atoms with Crippen molar-refractivity contribution in [1.82, 2.24) is 25.1 Å². The Balaban J connectivity index is 1.97. The van der Waals surface area contributed by atoms with Gasteiger partial charge < -0.3 is 10.6 Å². The van der Waals surface area contributed by atoms with Crippen molar-refractivity contribution in [2.24, 2.45) is 5.92 Å². The van der Waals surface area contributed by atoms with E-state index < -0.39 is 0 Å². The Morgan fingerprint density at radius 3 is 3.04 bits per heavy atom. The van der Waals surface area contributed by atoms with Crippen molar-refractivity contribution in [3.05, 3.63) is 18.5 Å². The summed E-state index contributed by atoms with van der Waals surface area (Å²) in [5, 5.41) is 11.6. The lowest BCUT2D eigenvalue weighted by Crippen LogP contribution is -2.37. The van der Waals surface area contributed by atoms with Crippen LogP contribution in [0.1, 0.15) is 26.3 Å². The summed E-state index contributed by atoms with van der Waals surface area (Å²) in [7, 11) is 0. The second-order valence-corrected chi connectivity index (χ2v) is 6.28. The van der Waals surface area contributed by atoms with Gasteiger partial charge in [0, 0.05) is 31.2 Å². The van der Waals surface area contributed by atoms with Crippen LogP contribution in [0.15, 0.2) is 18.5 Å². The van der Waals surface area contributed by atoms with Gasteiger partial charge in [-0.2, -0.15) is 0 Å². The van der Waals surface area contributed by atoms with Crippen LogP contribution in [0.2, 0.25) is 0 Å². The molecule has 120 valence electrons. The van der Waals surface area contributed by atoms with E-state index in [2.05, 4.69) is 37.3 Å². The Hall–Kier alpha value is -2.41. The summed E-state index contributed by atoms with van der Waals surface area (Å²) < 4.78 is 2.17. The molecule has 7 nitrogen and oxygen atoms in total. The topological polar surface area (TPSA) is 87.6 Å². The number of hydrogen-bond donors (Lipinski definition) is 3. The Labute approximate surface area is 133 Å². The standard InChI is InChI=1S/C16H20N6O/c1-9-3-5-17-8-13(9)22-14-11-4-6-18-15(11)19-7-12(14)16(21-22)20-10(2)23/h4,6-7,9,13,17,21H,3,5,8H2,1-2H3,(H,20,23)/t9-,13+/m1/s1. The fourth-order valence-corrected chi connectivity index (χ4v) is 3.46. The number of carbonyl (C=O) groups is 1. The molecule has 3 aromatic heterocycles. The maximum absolute atomic E-state index is 11.5. The van der Waals surface area contributed by atoms with E-state index in [1.165, 1.54) is 6.92 Å². The Morgan fingerprint density at radius 1 is 1.39 bits per heavy atom. The molecule has 23 heavy (non-hydrogen) atoms. The fraction of sp³-hybridized carbons (Fsp3) is 0.438. The Bertz CT molecular complexity index is 879. The molecule has 0 spiro atoms. The molecule has 2 atom stereocenters. The highest BCUT2D eigenvalue weighted by atomic mass is 16.1. The molecule has 0 radical (unpaired) electrons. The molecule has 4 rings (SSSR count). The number of H-pyrrole nitrogens is 1. The van der Waals surface area contributed by atoms with Gasteiger partial charge in [0.15, 0.2) is 5.65 Å². The minimum absolute atomic E-state index is 0.101. The van der Waals surface area contributed by atoms with E-state index in [0.717, 1.165) is 41.4 Å². The van der Waals surface area contributed by atoms with Crippen LogP contribution in [-0.4, -0.2) is 38.7 Å². The molecular formula is C16H20N6O. The molecule has 3 aromatic rings. The number of nitrogens with zero attached hydrogens (tertiary/aromatic N) is 3. The predicted molar refractivity (Wildman–Crippen MR) is 89.4 cm³/mol. The quantitative estimate of drug-likeness (QED) is 0.676. The van der Waals surface area contributed by atoms with Crippen molar-refractivity contribution in [3.63, 3.8) is 0 Å². The number of rotatable bonds is 2. The molecule has 0 aliphatic carbocycles. The number of amides is 1. The number of hydrogen-bond acceptors (Lipinski definition) is 4. The highest BCUT2D eigenvalue weighted by molar-refractivity contribution is 6.08. The lowest BCUT2D eigenvalue weighted by atomic mass is 9.95. The highest BCUT2D eigenvalue weighted by Crippen LogP contribution is 2.34. The number of aromatic nitrogens is 4. The van der Waals surface area contributed by atoms with E-state index in [0.29, 0.717) is 17.8 Å². The van der Waals surface area contributed by atoms with Crippen molar-refractivity contribution in [2.75, 3.05) is 18.4 Å². The number of piperidine rings is 1. The van der Waals surface area contributed by atoms with Crippen LogP contribution in [0.3, 0.4) is 0 Å². The summed E-state index contributed by atoms with van der Waals surface area (Å²) in [4.78, 5) is 20.2. The van der Waals surface area contributed by atoms with E-state index in [4.69, 9.17) is 0 Å². The summed E-state index contributed by atoms with van der Waals surface area (Å²) in [6.45, 7) is 5.73. The molecule has 0 unspecified atom stereocenters. The average Bonchev–Trinajstić information content (AvgIpc) is 3.11. The van der Waals surface area contributed by atoms with Gasteiger partial charge in [0.05, 0.1) is 16.9 Å². The van der Waals surface area contributed by atoms with Gasteiger partial charge >= 0.3 is 0 Å². The van der Waals surface area contributed by atoms with Crippen LogP contribution < -0.4 is 10.6 Å². The van der Waals surface area contributed by atoms with Crippen LogP contribution in [0, 0.1) is 5.92 Å². The predicted octanol–water partition coefficient (Wildman–Crippen LogP) is 2.04. The van der Waals surface area contributed by atoms with Crippen molar-refractivity contribution in [2.45, 2.75) is 26.3 Å². The molecule has 3 N–H and O–H groups in total. The largest absolute Gasteiger partial charge is 0.315 e. The zero-order chi connectivity index (χ0) is 16.0. The second-order valence-electron chi connectivity index (χ2n) is 6.28. The van der Waals surface area contributed by atoms with Crippen molar-refractivity contribution < 1.29 is 4.79 Å². The third-order valence-electron chi connectivity index (χ3n) is 4.67. The average molecular weight is 312 g/mol. The summed E-state index contributed by atoms with van der Waals surface area (Å²) in [6, 6.07) is 2.28. The van der Waals surface area contributed by atoms with Crippen molar-refractivity contribution >= 4 is 33.7 Å². The molecule has 1 amide bonds. The van der Waals surface area contributed by atoms with Gasteiger partial charge in [-0.05, 0) is 24.9 Å². The molecular weight excluding hydrogens is 292 g/mol. The fourth-order valence-electron chi connectivity index (χ4n) is 3.46. The SMILES string of the molecule is CC(=O)Nc1[nH]n([C@H]2CNCC[C@H]2C)c2c1cnc1nccc12. The van der Waals surface area contributed by atoms with Crippen molar-refractivity contribution in [1.29, 1.82) is 0 Å². The van der Waals surface area contributed by atoms with Crippen molar-refractivity contribution in [3.8, 4) is 0 Å². The van der Waals surface area contributed by atoms with Gasteiger partial charge in [-0.15, -0.1) is 0 Å². The molecule has 0 bridgehead atoms. The zero-order valence-corrected chi connectivity index (χ0v) is 13.3. The Morgan fingerprint density at radius 2 is 2.26 bits per heavy atom. The van der Waals surface area contributed by atoms with Crippen LogP contribution in [0.4, 0.5) is 5.82 Å². The van der Waals surface area contributed by atoms with E-state index in [-0.39, 0.29) is 5.91 Å². The van der Waals surface area contributed by atoms with Crippen LogP contribution >= 0.6 is 0 Å². The lowest BCUT2D eigenvalue weighted by molar-refractivity contribution is -0.114. The summed E-state index contributed by atoms with van der Waals surface area (Å²) in [5.41, 5.74) is 1.79. The molecule has 7 heteroatoms. The Kier molecular flexibility index (Phi) is 3.30. The molecule has 1 saturated heterocycles. The lowest BCUT2D eigenvalue weighted by Gasteiger charge is -2.31. The maximum atomic E-state index is 11.5. The summed E-state index contributed by atoms with van der Waals surface area (Å²) >= 11 is 0. The summed E-state index contributed by atoms with van der Waals surface area (Å²) in [6.07, 6.45) is 4.68. The first-order valence-electron chi connectivity index (χ1n) is 7.97. The molecule has 1 aliphatic heterocycles. The first-order valence-corrected chi connectivity index (χ1v) is 7.97. The molecule has 1 fully saturated rings. The van der Waals surface area contributed by atoms with Crippen LogP contribution in [-0.2, 0) is 4.79 Å². The van der Waals surface area contributed by atoms with Gasteiger partial charge in [-0.1, -0.05) is 6.92 Å². The smallest absolute Gasteiger partial charge is 0.222 e. The van der Waals surface area contributed by atoms with Crippen LogP contribution in [0.5, 0.6) is 0 Å². The zero-order valence-electron chi connectivity index (χ0n) is 13.3. The normalized spacial score (nSPS) is 21.8. The first kappa shape index (κ1) is 14.2. The minimum Gasteiger partial charge on any atom is -0.315 e. The molecule has 4 heterocycles. The number of anilines is 1. The van der Waals surface area contributed by atoms with Gasteiger partial charge in [0.2, 0.25) is 5.91 Å². The number of carbonyl (C=O) groups excluding carboxylic acids is 1. The third-order valence-corrected chi connectivity index (χ3v) is 4.67. The third kappa shape index (κ3) is 2.28. The van der Waals surface area contributed by atoms with Crippen LogP contribution in [0.25, 0.3) is 21.9 Å². The maximum Gasteiger partial charge on any atom is 0.222 e. The van der Waals surface area contributed by atoms with Gasteiger partial charge in [-0.25, -0.2) is 9.97 Å². The van der Waals surface area contributed by atoms with Gasteiger partial charge in [-0.3, -0.25) is 14.6 Å². The summed E-state index contributed by atoms with van der Waals surface area (Å²) in [5.74, 6) is 1.14. The van der Waals surface area contributed by atoms with E-state index in [1.54, 1.807) is 12.4 Å². The number of fused-ring (bicyclic) bond motifs is 3. The molecule has 0 aromatic carbocycles.